The summed E-state index contributed by atoms with van der Waals surface area (Å²) in [7, 11) is 0. The summed E-state index contributed by atoms with van der Waals surface area (Å²) < 4.78 is 24.5. The van der Waals surface area contributed by atoms with Gasteiger partial charge in [0.25, 0.3) is 0 Å². The Morgan fingerprint density at radius 2 is 2.09 bits per heavy atom. The molecule has 23 heavy (non-hydrogen) atoms. The second kappa shape index (κ2) is 7.13. The van der Waals surface area contributed by atoms with Crippen LogP contribution in [0.4, 0.5) is 4.39 Å². The summed E-state index contributed by atoms with van der Waals surface area (Å²) in [6.45, 7) is 5.07. The lowest BCUT2D eigenvalue weighted by Crippen LogP contribution is -2.08. The van der Waals surface area contributed by atoms with Gasteiger partial charge in [-0.15, -0.1) is 0 Å². The maximum absolute atomic E-state index is 13.4. The first-order chi connectivity index (χ1) is 10.8. The van der Waals surface area contributed by atoms with E-state index in [4.69, 9.17) is 9.15 Å². The zero-order chi connectivity index (χ0) is 17.0. The summed E-state index contributed by atoms with van der Waals surface area (Å²) in [5, 5.41) is 9.75. The molecule has 2 aromatic rings. The molecule has 0 saturated heterocycles. The molecule has 0 amide bonds. The van der Waals surface area contributed by atoms with Gasteiger partial charge < -0.3 is 14.3 Å². The number of allylic oxidation sites excluding steroid dienone is 1. The van der Waals surface area contributed by atoms with E-state index in [9.17, 15) is 14.3 Å². The van der Waals surface area contributed by atoms with E-state index in [2.05, 4.69) is 0 Å². The van der Waals surface area contributed by atoms with Crippen molar-refractivity contribution in [1.82, 2.24) is 0 Å². The normalized spacial score (nSPS) is 11.8. The Kier molecular flexibility index (Phi) is 5.21. The molecule has 4 nitrogen and oxygen atoms in total. The average Bonchev–Trinajstić information content (AvgIpc) is 2.89. The fraction of sp³-hybridized carbons (Fsp3) is 0.278. The van der Waals surface area contributed by atoms with Crippen molar-refractivity contribution in [3.8, 4) is 5.75 Å². The Morgan fingerprint density at radius 3 is 2.74 bits per heavy atom. The minimum Gasteiger partial charge on any atom is -0.504 e. The minimum absolute atomic E-state index is 0.0785. The van der Waals surface area contributed by atoms with Crippen LogP contribution in [0.25, 0.3) is 5.76 Å². The van der Waals surface area contributed by atoms with Gasteiger partial charge in [0.2, 0.25) is 0 Å². The van der Waals surface area contributed by atoms with Crippen LogP contribution in [0.15, 0.2) is 40.8 Å². The number of halogens is 1. The number of benzene rings is 1. The van der Waals surface area contributed by atoms with Gasteiger partial charge in [0, 0.05) is 24.1 Å². The molecule has 0 bridgehead atoms. The lowest BCUT2D eigenvalue weighted by Gasteiger charge is -2.13. The van der Waals surface area contributed by atoms with E-state index in [-0.39, 0.29) is 29.2 Å². The number of carbonyl (C=O) groups is 1. The molecule has 0 saturated carbocycles. The van der Waals surface area contributed by atoms with Crippen molar-refractivity contribution in [2.75, 3.05) is 0 Å². The molecule has 1 heterocycles. The van der Waals surface area contributed by atoms with E-state index in [0.717, 1.165) is 11.6 Å². The number of carbonyl (C=O) groups excluding carboxylic acids is 1. The highest BCUT2D eigenvalue weighted by molar-refractivity contribution is 5.92. The van der Waals surface area contributed by atoms with E-state index in [1.54, 1.807) is 18.2 Å². The van der Waals surface area contributed by atoms with E-state index < -0.39 is 0 Å². The lowest BCUT2D eigenvalue weighted by atomic mass is 10.1. The third kappa shape index (κ3) is 4.71. The predicted octanol–water partition coefficient (Wildman–Crippen LogP) is 4.28. The van der Waals surface area contributed by atoms with Crippen LogP contribution in [0, 0.1) is 5.82 Å². The van der Waals surface area contributed by atoms with E-state index in [0.29, 0.717) is 17.9 Å². The second-order valence-electron chi connectivity index (χ2n) is 5.50. The van der Waals surface area contributed by atoms with Crippen molar-refractivity contribution in [2.45, 2.75) is 33.3 Å². The van der Waals surface area contributed by atoms with Gasteiger partial charge in [-0.2, -0.15) is 0 Å². The molecule has 0 spiro atoms. The highest BCUT2D eigenvalue weighted by atomic mass is 19.1. The molecule has 1 N–H and O–H groups in total. The van der Waals surface area contributed by atoms with E-state index in [1.807, 2.05) is 13.8 Å². The molecule has 0 unspecified atom stereocenters. The standard InChI is InChI=1S/C18H19FO4/c1-11(2)22-18-10-14(19)5-4-13(18)9-15-6-7-17(23-15)16(21)8-12(3)20/h4-8,10-11,21H,9H2,1-3H3. The smallest absolute Gasteiger partial charge is 0.168 e. The van der Waals surface area contributed by atoms with Crippen LogP contribution in [-0.4, -0.2) is 17.0 Å². The van der Waals surface area contributed by atoms with Gasteiger partial charge >= 0.3 is 0 Å². The van der Waals surface area contributed by atoms with Gasteiger partial charge in [0.05, 0.1) is 6.10 Å². The number of aliphatic hydroxyl groups excluding tert-OH is 1. The topological polar surface area (TPSA) is 59.7 Å². The highest BCUT2D eigenvalue weighted by Crippen LogP contribution is 2.26. The minimum atomic E-state index is -0.369. The molecule has 5 heteroatoms. The van der Waals surface area contributed by atoms with Crippen LogP contribution in [0.2, 0.25) is 0 Å². The largest absolute Gasteiger partial charge is 0.504 e. The van der Waals surface area contributed by atoms with Gasteiger partial charge in [0.15, 0.2) is 17.3 Å². The maximum Gasteiger partial charge on any atom is 0.168 e. The maximum atomic E-state index is 13.4. The number of aliphatic hydroxyl groups is 1. The predicted molar refractivity (Wildman–Crippen MR) is 85.0 cm³/mol. The van der Waals surface area contributed by atoms with Gasteiger partial charge in [0.1, 0.15) is 17.3 Å². The van der Waals surface area contributed by atoms with Crippen LogP contribution in [0.3, 0.4) is 0 Å². The molecule has 0 aliphatic heterocycles. The van der Waals surface area contributed by atoms with Gasteiger partial charge in [-0.1, -0.05) is 6.07 Å². The van der Waals surface area contributed by atoms with E-state index in [1.165, 1.54) is 19.1 Å². The number of rotatable bonds is 6. The van der Waals surface area contributed by atoms with Crippen molar-refractivity contribution in [2.24, 2.45) is 0 Å². The summed E-state index contributed by atoms with van der Waals surface area (Å²) in [6, 6.07) is 7.62. The van der Waals surface area contributed by atoms with Crippen molar-refractivity contribution < 1.29 is 23.4 Å². The fourth-order valence-corrected chi connectivity index (χ4v) is 2.10. The molecule has 122 valence electrons. The fourth-order valence-electron chi connectivity index (χ4n) is 2.10. The number of ether oxygens (including phenoxy) is 1. The van der Waals surface area contributed by atoms with Crippen molar-refractivity contribution in [3.05, 3.63) is 59.3 Å². The Morgan fingerprint density at radius 1 is 1.35 bits per heavy atom. The molecule has 1 aromatic carbocycles. The first-order valence-corrected chi connectivity index (χ1v) is 7.30. The SMILES string of the molecule is CC(=O)C=C(O)c1ccc(Cc2ccc(F)cc2OC(C)C)o1. The summed E-state index contributed by atoms with van der Waals surface area (Å²) in [5.74, 6) is 0.383. The third-order valence-electron chi connectivity index (χ3n) is 3.01. The Bertz CT molecular complexity index is 728. The summed E-state index contributed by atoms with van der Waals surface area (Å²) in [6.07, 6.45) is 1.40. The molecule has 0 radical (unpaired) electrons. The molecule has 1 aromatic heterocycles. The number of hydrogen-bond acceptors (Lipinski definition) is 4. The number of ketones is 1. The lowest BCUT2D eigenvalue weighted by molar-refractivity contribution is -0.112. The second-order valence-corrected chi connectivity index (χ2v) is 5.50. The molecule has 0 aliphatic rings. The average molecular weight is 318 g/mol. The zero-order valence-corrected chi connectivity index (χ0v) is 13.3. The van der Waals surface area contributed by atoms with Gasteiger partial charge in [-0.05, 0) is 39.0 Å². The van der Waals surface area contributed by atoms with Crippen molar-refractivity contribution >= 4 is 11.5 Å². The van der Waals surface area contributed by atoms with E-state index >= 15 is 0 Å². The van der Waals surface area contributed by atoms with Gasteiger partial charge in [-0.3, -0.25) is 4.79 Å². The Balaban J connectivity index is 2.23. The van der Waals surface area contributed by atoms with Crippen LogP contribution < -0.4 is 4.74 Å². The number of furan rings is 1. The van der Waals surface area contributed by atoms with Gasteiger partial charge in [-0.25, -0.2) is 4.39 Å². The molecular weight excluding hydrogens is 299 g/mol. The summed E-state index contributed by atoms with van der Waals surface area (Å²) in [5.41, 5.74) is 0.774. The quantitative estimate of drug-likeness (QED) is 0.638. The van der Waals surface area contributed by atoms with Crippen molar-refractivity contribution in [1.29, 1.82) is 0 Å². The molecular formula is C18H19FO4. The first-order valence-electron chi connectivity index (χ1n) is 7.30. The summed E-state index contributed by atoms with van der Waals surface area (Å²) >= 11 is 0. The third-order valence-corrected chi connectivity index (χ3v) is 3.01. The van der Waals surface area contributed by atoms with Crippen LogP contribution in [-0.2, 0) is 11.2 Å². The molecule has 0 atom stereocenters. The van der Waals surface area contributed by atoms with Crippen LogP contribution >= 0.6 is 0 Å². The monoisotopic (exact) mass is 318 g/mol. The molecule has 0 fully saturated rings. The molecule has 2 rings (SSSR count). The Hall–Kier alpha value is -2.56. The Labute approximate surface area is 134 Å². The van der Waals surface area contributed by atoms with Crippen LogP contribution in [0.1, 0.15) is 37.9 Å². The first kappa shape index (κ1) is 16.8. The number of hydrogen-bond donors (Lipinski definition) is 1. The zero-order valence-electron chi connectivity index (χ0n) is 13.3. The summed E-state index contributed by atoms with van der Waals surface area (Å²) in [4.78, 5) is 11.0. The van der Waals surface area contributed by atoms with Crippen LogP contribution in [0.5, 0.6) is 5.75 Å². The van der Waals surface area contributed by atoms with Crippen molar-refractivity contribution in [3.63, 3.8) is 0 Å². The highest BCUT2D eigenvalue weighted by Gasteiger charge is 2.12. The molecule has 0 aliphatic carbocycles.